The minimum Gasteiger partial charge on any atom is -0.484 e. The van der Waals surface area contributed by atoms with Crippen LogP contribution in [0.25, 0.3) is 0 Å². The Morgan fingerprint density at radius 2 is 1.77 bits per heavy atom. The zero-order valence-corrected chi connectivity index (χ0v) is 19.5. The molecule has 0 unspecified atom stereocenters. The van der Waals surface area contributed by atoms with E-state index in [2.05, 4.69) is 20.1 Å². The Bertz CT molecular complexity index is 1130. The summed E-state index contributed by atoms with van der Waals surface area (Å²) in [7, 11) is 0. The number of aromatic nitrogens is 1. The predicted octanol–water partition coefficient (Wildman–Crippen LogP) is 5.09. The first-order valence-corrected chi connectivity index (χ1v) is 11.4. The molecule has 3 aromatic rings. The van der Waals surface area contributed by atoms with E-state index in [1.165, 1.54) is 12.1 Å². The van der Waals surface area contributed by atoms with E-state index in [4.69, 9.17) is 16.3 Å². The normalized spacial score (nSPS) is 14.6. The fraction of sp³-hybridized carbons (Fsp3) is 0.280. The van der Waals surface area contributed by atoms with Crippen molar-refractivity contribution in [3.63, 3.8) is 0 Å². The molecule has 1 saturated heterocycles. The van der Waals surface area contributed by atoms with Crippen molar-refractivity contribution in [2.24, 2.45) is 0 Å². The monoisotopic (exact) mass is 504 g/mol. The third-order valence-electron chi connectivity index (χ3n) is 5.57. The highest BCUT2D eigenvalue weighted by atomic mass is 35.5. The van der Waals surface area contributed by atoms with Crippen LogP contribution in [0.15, 0.2) is 66.9 Å². The Kier molecular flexibility index (Phi) is 7.77. The summed E-state index contributed by atoms with van der Waals surface area (Å²) in [4.78, 5) is 20.8. The summed E-state index contributed by atoms with van der Waals surface area (Å²) in [6.07, 6.45) is -2.75. The van der Waals surface area contributed by atoms with Crippen LogP contribution in [-0.2, 0) is 17.5 Å². The lowest BCUT2D eigenvalue weighted by atomic mass is 10.1. The number of alkyl halides is 3. The zero-order valence-electron chi connectivity index (χ0n) is 18.8. The Labute approximate surface area is 206 Å². The van der Waals surface area contributed by atoms with Crippen LogP contribution in [-0.4, -0.2) is 48.6 Å². The van der Waals surface area contributed by atoms with Gasteiger partial charge in [-0.15, -0.1) is 0 Å². The molecule has 184 valence electrons. The van der Waals surface area contributed by atoms with E-state index in [0.717, 1.165) is 11.9 Å². The number of benzene rings is 2. The average molecular weight is 505 g/mol. The number of pyridine rings is 1. The van der Waals surface area contributed by atoms with Crippen LogP contribution in [0, 0.1) is 0 Å². The lowest BCUT2D eigenvalue weighted by molar-refractivity contribution is -0.137. The summed E-state index contributed by atoms with van der Waals surface area (Å²) in [5.74, 6) is 1.02. The van der Waals surface area contributed by atoms with Crippen molar-refractivity contribution in [2.75, 3.05) is 43.0 Å². The summed E-state index contributed by atoms with van der Waals surface area (Å²) in [5.41, 5.74) is 0.578. The molecule has 1 fully saturated rings. The van der Waals surface area contributed by atoms with Gasteiger partial charge in [0.05, 0.1) is 17.4 Å². The number of hydrogen-bond acceptors (Lipinski definition) is 5. The molecule has 0 spiro atoms. The number of anilines is 2. The molecule has 4 rings (SSSR count). The number of amides is 1. The van der Waals surface area contributed by atoms with Gasteiger partial charge in [0.1, 0.15) is 11.6 Å². The first-order valence-electron chi connectivity index (χ1n) is 11.0. The molecular weight excluding hydrogens is 481 g/mol. The van der Waals surface area contributed by atoms with Crippen LogP contribution in [0.4, 0.5) is 24.7 Å². The minimum atomic E-state index is -4.34. The van der Waals surface area contributed by atoms with Gasteiger partial charge in [-0.2, -0.15) is 13.2 Å². The lowest BCUT2D eigenvalue weighted by Gasteiger charge is -2.35. The molecule has 1 N–H and O–H groups in total. The maximum atomic E-state index is 12.9. The van der Waals surface area contributed by atoms with E-state index < -0.39 is 11.7 Å². The molecule has 1 aliphatic heterocycles. The minimum absolute atomic E-state index is 0.142. The van der Waals surface area contributed by atoms with E-state index in [9.17, 15) is 18.0 Å². The van der Waals surface area contributed by atoms with Gasteiger partial charge in [0, 0.05) is 37.7 Å². The third-order valence-corrected chi connectivity index (χ3v) is 5.82. The fourth-order valence-corrected chi connectivity index (χ4v) is 3.89. The Balaban J connectivity index is 1.24. The summed E-state index contributed by atoms with van der Waals surface area (Å²) in [5, 5.41) is 3.33. The molecule has 35 heavy (non-hydrogen) atoms. The second-order valence-electron chi connectivity index (χ2n) is 8.16. The molecule has 0 radical (unpaired) electrons. The summed E-state index contributed by atoms with van der Waals surface area (Å²) < 4.78 is 44.3. The van der Waals surface area contributed by atoms with Crippen LogP contribution in [0.3, 0.4) is 0 Å². The van der Waals surface area contributed by atoms with Crippen molar-refractivity contribution in [3.8, 4) is 5.75 Å². The van der Waals surface area contributed by atoms with Crippen molar-refractivity contribution < 1.29 is 22.7 Å². The molecule has 0 aliphatic carbocycles. The highest BCUT2D eigenvalue weighted by molar-refractivity contribution is 6.30. The summed E-state index contributed by atoms with van der Waals surface area (Å²) in [6, 6.07) is 15.8. The van der Waals surface area contributed by atoms with Gasteiger partial charge in [-0.3, -0.25) is 9.69 Å². The smallest absolute Gasteiger partial charge is 0.416 e. The number of nitrogens with zero attached hydrogens (tertiary/aromatic N) is 3. The predicted molar refractivity (Wildman–Crippen MR) is 129 cm³/mol. The van der Waals surface area contributed by atoms with Crippen LogP contribution >= 0.6 is 11.6 Å². The molecule has 0 bridgehead atoms. The molecular formula is C25H24ClF3N4O2. The molecule has 0 saturated carbocycles. The SMILES string of the molecule is O=C(COc1ccc(Cl)cc1)Nc1ccc(N2CCN(Cc3cccc(C(F)(F)F)c3)CC2)nc1. The van der Waals surface area contributed by atoms with Crippen LogP contribution in [0.2, 0.25) is 5.02 Å². The largest absolute Gasteiger partial charge is 0.484 e. The third kappa shape index (κ3) is 7.10. The number of hydrogen-bond donors (Lipinski definition) is 1. The second-order valence-corrected chi connectivity index (χ2v) is 8.59. The zero-order chi connectivity index (χ0) is 24.8. The number of carbonyl (C=O) groups excluding carboxylic acids is 1. The van der Waals surface area contributed by atoms with Gasteiger partial charge in [-0.1, -0.05) is 29.8 Å². The molecule has 10 heteroatoms. The van der Waals surface area contributed by atoms with Crippen molar-refractivity contribution in [1.82, 2.24) is 9.88 Å². The van der Waals surface area contributed by atoms with Gasteiger partial charge < -0.3 is 15.0 Å². The maximum absolute atomic E-state index is 12.9. The van der Waals surface area contributed by atoms with Gasteiger partial charge in [-0.05, 0) is 48.0 Å². The van der Waals surface area contributed by atoms with Crippen molar-refractivity contribution >= 4 is 29.0 Å². The molecule has 2 aromatic carbocycles. The molecule has 0 atom stereocenters. The van der Waals surface area contributed by atoms with E-state index in [1.54, 1.807) is 42.6 Å². The first-order chi connectivity index (χ1) is 16.8. The fourth-order valence-electron chi connectivity index (χ4n) is 3.76. The van der Waals surface area contributed by atoms with Crippen LogP contribution in [0.5, 0.6) is 5.75 Å². The molecule has 1 aliphatic rings. The quantitative estimate of drug-likeness (QED) is 0.485. The molecule has 1 amide bonds. The first kappa shape index (κ1) is 24.8. The number of halogens is 4. The molecule has 6 nitrogen and oxygen atoms in total. The number of ether oxygens (including phenoxy) is 1. The molecule has 1 aromatic heterocycles. The summed E-state index contributed by atoms with van der Waals surface area (Å²) >= 11 is 5.83. The van der Waals surface area contributed by atoms with E-state index in [1.807, 2.05) is 6.07 Å². The van der Waals surface area contributed by atoms with Gasteiger partial charge in [0.2, 0.25) is 0 Å². The van der Waals surface area contributed by atoms with Gasteiger partial charge in [0.15, 0.2) is 6.61 Å². The molecule has 2 heterocycles. The highest BCUT2D eigenvalue weighted by Gasteiger charge is 2.30. The maximum Gasteiger partial charge on any atom is 0.416 e. The van der Waals surface area contributed by atoms with E-state index >= 15 is 0 Å². The summed E-state index contributed by atoms with van der Waals surface area (Å²) in [6.45, 7) is 3.14. The van der Waals surface area contributed by atoms with Crippen molar-refractivity contribution in [3.05, 3.63) is 83.0 Å². The van der Waals surface area contributed by atoms with E-state index in [-0.39, 0.29) is 12.5 Å². The Hall–Kier alpha value is -3.30. The number of piperazine rings is 1. The number of nitrogens with one attached hydrogen (secondary N) is 1. The van der Waals surface area contributed by atoms with Gasteiger partial charge in [-0.25, -0.2) is 4.98 Å². The van der Waals surface area contributed by atoms with E-state index in [0.29, 0.717) is 54.7 Å². The van der Waals surface area contributed by atoms with Crippen molar-refractivity contribution in [2.45, 2.75) is 12.7 Å². The average Bonchev–Trinajstić information content (AvgIpc) is 2.84. The van der Waals surface area contributed by atoms with Crippen LogP contribution < -0.4 is 15.0 Å². The Morgan fingerprint density at radius 1 is 1.03 bits per heavy atom. The Morgan fingerprint density at radius 3 is 2.43 bits per heavy atom. The van der Waals surface area contributed by atoms with Gasteiger partial charge >= 0.3 is 6.18 Å². The van der Waals surface area contributed by atoms with Crippen molar-refractivity contribution in [1.29, 1.82) is 0 Å². The lowest BCUT2D eigenvalue weighted by Crippen LogP contribution is -2.46. The van der Waals surface area contributed by atoms with Gasteiger partial charge in [0.25, 0.3) is 5.91 Å². The number of rotatable bonds is 7. The number of carbonyl (C=O) groups is 1. The second kappa shape index (κ2) is 11.0. The topological polar surface area (TPSA) is 57.7 Å². The standard InChI is InChI=1S/C25H24ClF3N4O2/c26-20-4-7-22(8-5-20)35-17-24(34)31-21-6-9-23(30-15-21)33-12-10-32(11-13-33)16-18-2-1-3-19(14-18)25(27,28)29/h1-9,14-15H,10-13,16-17H2,(H,31,34). The highest BCUT2D eigenvalue weighted by Crippen LogP contribution is 2.30. The van der Waals surface area contributed by atoms with Crippen LogP contribution in [0.1, 0.15) is 11.1 Å².